The van der Waals surface area contributed by atoms with Gasteiger partial charge in [-0.15, -0.1) is 0 Å². The largest absolute Gasteiger partial charge is 0.756 e. The second-order valence-corrected chi connectivity index (χ2v) is 24.5. The molecule has 10 heteroatoms. The molecule has 0 aromatic carbocycles. The van der Waals surface area contributed by atoms with Crippen molar-refractivity contribution >= 4 is 19.8 Å². The molecule has 466 valence electrons. The number of carbonyl (C=O) groups excluding carboxylic acids is 2. The molecule has 0 amide bonds. The van der Waals surface area contributed by atoms with Gasteiger partial charge < -0.3 is 27.9 Å². The van der Waals surface area contributed by atoms with Crippen molar-refractivity contribution < 1.29 is 42.1 Å². The Morgan fingerprint density at radius 3 is 1.05 bits per heavy atom. The van der Waals surface area contributed by atoms with Gasteiger partial charge in [-0.25, -0.2) is 0 Å². The van der Waals surface area contributed by atoms with Crippen LogP contribution in [-0.2, 0) is 32.7 Å². The zero-order chi connectivity index (χ0) is 59.1. The van der Waals surface area contributed by atoms with Crippen molar-refractivity contribution in [2.45, 2.75) is 283 Å². The lowest BCUT2D eigenvalue weighted by atomic mass is 10.0. The Bertz CT molecular complexity index is 1730. The highest BCUT2D eigenvalue weighted by molar-refractivity contribution is 7.45. The van der Waals surface area contributed by atoms with Crippen LogP contribution in [0.15, 0.2) is 109 Å². The molecule has 0 aromatic heterocycles. The molecule has 0 aliphatic rings. The molecule has 0 bridgehead atoms. The van der Waals surface area contributed by atoms with E-state index in [1.807, 2.05) is 21.1 Å². The molecule has 2 unspecified atom stereocenters. The van der Waals surface area contributed by atoms with Crippen LogP contribution >= 0.6 is 7.82 Å². The van der Waals surface area contributed by atoms with E-state index >= 15 is 0 Å². The summed E-state index contributed by atoms with van der Waals surface area (Å²) in [6.45, 7) is 4.13. The molecule has 0 radical (unpaired) electrons. The zero-order valence-corrected chi connectivity index (χ0v) is 53.8. The van der Waals surface area contributed by atoms with E-state index in [-0.39, 0.29) is 32.0 Å². The Kier molecular flexibility index (Phi) is 58.7. The molecule has 2 atom stereocenters. The van der Waals surface area contributed by atoms with Crippen LogP contribution in [0.3, 0.4) is 0 Å². The number of rotatable bonds is 60. The van der Waals surface area contributed by atoms with Gasteiger partial charge in [-0.1, -0.05) is 290 Å². The van der Waals surface area contributed by atoms with Gasteiger partial charge in [0.2, 0.25) is 0 Å². The van der Waals surface area contributed by atoms with Gasteiger partial charge in [-0.2, -0.15) is 0 Å². The van der Waals surface area contributed by atoms with E-state index < -0.39 is 26.5 Å². The minimum atomic E-state index is -4.65. The number of esters is 2. The Labute approximate surface area is 499 Å². The van der Waals surface area contributed by atoms with Crippen LogP contribution in [0, 0.1) is 0 Å². The van der Waals surface area contributed by atoms with Gasteiger partial charge in [0.05, 0.1) is 27.7 Å². The summed E-state index contributed by atoms with van der Waals surface area (Å²) in [7, 11) is 1.15. The highest BCUT2D eigenvalue weighted by Gasteiger charge is 2.22. The topological polar surface area (TPSA) is 111 Å². The summed E-state index contributed by atoms with van der Waals surface area (Å²) in [4.78, 5) is 38.0. The molecule has 81 heavy (non-hydrogen) atoms. The lowest BCUT2D eigenvalue weighted by Gasteiger charge is -2.28. The first-order valence-electron chi connectivity index (χ1n) is 33.1. The number of hydrogen-bond acceptors (Lipinski definition) is 8. The Morgan fingerprint density at radius 2 is 0.704 bits per heavy atom. The molecule has 0 saturated carbocycles. The Morgan fingerprint density at radius 1 is 0.395 bits per heavy atom. The molecule has 0 aliphatic heterocycles. The maximum atomic E-state index is 12.8. The summed E-state index contributed by atoms with van der Waals surface area (Å²) in [5.74, 6) is -0.852. The summed E-state index contributed by atoms with van der Waals surface area (Å²) in [5, 5.41) is 0. The molecule has 0 rings (SSSR count). The molecule has 0 aromatic rings. The highest BCUT2D eigenvalue weighted by Crippen LogP contribution is 2.38. The van der Waals surface area contributed by atoms with Crippen molar-refractivity contribution in [3.63, 3.8) is 0 Å². The standard InChI is InChI=1S/C71H124NO8P/c1-6-8-10-12-14-16-18-20-22-24-26-28-30-32-33-34-35-36-37-38-39-40-42-44-46-48-50-52-54-56-58-60-62-64-71(74)80-69(68-79-81(75,76)78-66-65-72(3,4)5)67-77-70(73)63-61-59-57-55-53-51-49-47-45-43-41-31-29-27-25-23-21-19-17-15-13-11-9-7-2/h8,10,14,16,20,22,26,28,32-33,35-36,38-39,42,44,48,50,69H,6-7,9,11-13,15,17-19,21,23-25,27,29-31,34,37,40-41,43,45-47,49,51-68H2,1-5H3/b10-8-,16-14-,22-20-,28-26-,33-32-,36-35-,39-38-,44-42-,50-48-. The highest BCUT2D eigenvalue weighted by atomic mass is 31.2. The van der Waals surface area contributed by atoms with E-state index in [9.17, 15) is 19.0 Å². The predicted molar refractivity (Wildman–Crippen MR) is 346 cm³/mol. The average Bonchev–Trinajstić information content (AvgIpc) is 3.43. The van der Waals surface area contributed by atoms with Gasteiger partial charge in [-0.3, -0.25) is 14.2 Å². The van der Waals surface area contributed by atoms with Crippen molar-refractivity contribution in [1.82, 2.24) is 0 Å². The van der Waals surface area contributed by atoms with Crippen LogP contribution in [0.2, 0.25) is 0 Å². The summed E-state index contributed by atoms with van der Waals surface area (Å²) < 4.78 is 34.2. The van der Waals surface area contributed by atoms with E-state index in [2.05, 4.69) is 123 Å². The summed E-state index contributed by atoms with van der Waals surface area (Å²) in [5.41, 5.74) is 0. The summed E-state index contributed by atoms with van der Waals surface area (Å²) in [6, 6.07) is 0. The molecular formula is C71H124NO8P. The minimum Gasteiger partial charge on any atom is -0.756 e. The lowest BCUT2D eigenvalue weighted by molar-refractivity contribution is -0.870. The first-order valence-corrected chi connectivity index (χ1v) is 34.6. The number of hydrogen-bond donors (Lipinski definition) is 0. The number of nitrogens with zero attached hydrogens (tertiary/aromatic N) is 1. The van der Waals surface area contributed by atoms with Crippen LogP contribution < -0.4 is 4.89 Å². The number of allylic oxidation sites excluding steroid dienone is 18. The maximum absolute atomic E-state index is 12.8. The van der Waals surface area contributed by atoms with E-state index in [0.717, 1.165) is 109 Å². The third-order valence-corrected chi connectivity index (χ3v) is 15.0. The number of phosphoric acid groups is 1. The fourth-order valence-corrected chi connectivity index (χ4v) is 9.73. The predicted octanol–water partition coefficient (Wildman–Crippen LogP) is 20.7. The molecular weight excluding hydrogens is 1030 g/mol. The van der Waals surface area contributed by atoms with E-state index in [1.165, 1.54) is 135 Å². The Balaban J connectivity index is 4.17. The normalized spacial score (nSPS) is 13.9. The number of ether oxygens (including phenoxy) is 2. The van der Waals surface area contributed by atoms with Crippen molar-refractivity contribution in [3.8, 4) is 0 Å². The molecule has 9 nitrogen and oxygen atoms in total. The first-order chi connectivity index (χ1) is 39.5. The fourth-order valence-electron chi connectivity index (χ4n) is 9.00. The van der Waals surface area contributed by atoms with Gasteiger partial charge in [-0.05, 0) is 83.5 Å². The van der Waals surface area contributed by atoms with Crippen molar-refractivity contribution in [1.29, 1.82) is 0 Å². The van der Waals surface area contributed by atoms with Crippen LogP contribution in [0.5, 0.6) is 0 Å². The second kappa shape index (κ2) is 61.2. The lowest BCUT2D eigenvalue weighted by Crippen LogP contribution is -2.37. The number of likely N-dealkylation sites (N-methyl/N-ethyl adjacent to an activating group) is 1. The first kappa shape index (κ1) is 77.7. The quantitative estimate of drug-likeness (QED) is 0.0195. The minimum absolute atomic E-state index is 0.0390. The number of unbranched alkanes of at least 4 members (excludes halogenated alkanes) is 28. The van der Waals surface area contributed by atoms with E-state index in [0.29, 0.717) is 17.4 Å². The van der Waals surface area contributed by atoms with Gasteiger partial charge in [0.1, 0.15) is 19.8 Å². The molecule has 0 fully saturated rings. The van der Waals surface area contributed by atoms with Gasteiger partial charge in [0, 0.05) is 12.8 Å². The van der Waals surface area contributed by atoms with Crippen LogP contribution in [0.1, 0.15) is 277 Å². The number of carbonyl (C=O) groups is 2. The number of phosphoric ester groups is 1. The van der Waals surface area contributed by atoms with Crippen molar-refractivity contribution in [2.75, 3.05) is 47.5 Å². The second-order valence-electron chi connectivity index (χ2n) is 23.1. The van der Waals surface area contributed by atoms with E-state index in [4.69, 9.17) is 18.5 Å². The third kappa shape index (κ3) is 65.7. The average molecular weight is 1150 g/mol. The number of quaternary nitrogens is 1. The monoisotopic (exact) mass is 1150 g/mol. The smallest absolute Gasteiger partial charge is 0.306 e. The maximum Gasteiger partial charge on any atom is 0.306 e. The van der Waals surface area contributed by atoms with Gasteiger partial charge in [0.25, 0.3) is 7.82 Å². The van der Waals surface area contributed by atoms with Crippen LogP contribution in [-0.4, -0.2) is 70.0 Å². The van der Waals surface area contributed by atoms with Crippen LogP contribution in [0.4, 0.5) is 0 Å². The third-order valence-electron chi connectivity index (χ3n) is 14.1. The SMILES string of the molecule is CC/C=C\C/C=C\C/C=C\C/C=C\C/C=C\C/C=C\C/C=C\C/C=C\C/C=C\CCCCCCCC(=O)OC(COC(=O)CCCCCCCCCCCCCCCCCCCCCCCCCC)COP(=O)([O-])OCC[N+](C)(C)C. The summed E-state index contributed by atoms with van der Waals surface area (Å²) >= 11 is 0. The molecule has 0 heterocycles. The molecule has 0 aliphatic carbocycles. The van der Waals surface area contributed by atoms with Crippen LogP contribution in [0.25, 0.3) is 0 Å². The van der Waals surface area contributed by atoms with Gasteiger partial charge >= 0.3 is 11.9 Å². The van der Waals surface area contributed by atoms with E-state index in [1.54, 1.807) is 0 Å². The molecule has 0 spiro atoms. The fraction of sp³-hybridized carbons (Fsp3) is 0.718. The molecule has 0 N–H and O–H groups in total. The zero-order valence-electron chi connectivity index (χ0n) is 52.9. The van der Waals surface area contributed by atoms with Crippen molar-refractivity contribution in [3.05, 3.63) is 109 Å². The Hall–Kier alpha value is -3.33. The molecule has 0 saturated heterocycles. The van der Waals surface area contributed by atoms with Crippen molar-refractivity contribution in [2.24, 2.45) is 0 Å². The van der Waals surface area contributed by atoms with Gasteiger partial charge in [0.15, 0.2) is 6.10 Å². The summed E-state index contributed by atoms with van der Waals surface area (Å²) in [6.07, 6.45) is 85.8.